The van der Waals surface area contributed by atoms with E-state index in [-0.39, 0.29) is 35.9 Å². The van der Waals surface area contributed by atoms with Gasteiger partial charge in [-0.2, -0.15) is 4.72 Å². The van der Waals surface area contributed by atoms with Gasteiger partial charge in [0.1, 0.15) is 6.04 Å². The summed E-state index contributed by atoms with van der Waals surface area (Å²) in [7, 11) is -7.79. The number of sulfone groups is 1. The van der Waals surface area contributed by atoms with Gasteiger partial charge < -0.3 is 10.0 Å². The summed E-state index contributed by atoms with van der Waals surface area (Å²) in [6.45, 7) is -0.447. The lowest BCUT2D eigenvalue weighted by molar-refractivity contribution is -0.134. The zero-order valence-corrected chi connectivity index (χ0v) is 25.0. The summed E-state index contributed by atoms with van der Waals surface area (Å²) in [5.74, 6) is -1.96. The predicted molar refractivity (Wildman–Crippen MR) is 160 cm³/mol. The van der Waals surface area contributed by atoms with Crippen LogP contribution in [0.15, 0.2) is 71.6 Å². The second-order valence-corrected chi connectivity index (χ2v) is 14.8. The van der Waals surface area contributed by atoms with Gasteiger partial charge in [-0.05, 0) is 60.7 Å². The minimum atomic E-state index is -4.17. The van der Waals surface area contributed by atoms with Crippen LogP contribution >= 0.6 is 0 Å². The van der Waals surface area contributed by atoms with Crippen molar-refractivity contribution in [3.05, 3.63) is 77.9 Å². The maximum absolute atomic E-state index is 13.3. The first-order valence-electron chi connectivity index (χ1n) is 14.1. The molecule has 0 saturated carbocycles. The Balaban J connectivity index is 1.16. The fourth-order valence-electron chi connectivity index (χ4n) is 5.67. The van der Waals surface area contributed by atoms with Crippen molar-refractivity contribution in [2.45, 2.75) is 42.7 Å². The van der Waals surface area contributed by atoms with E-state index in [1.165, 1.54) is 17.0 Å². The van der Waals surface area contributed by atoms with Gasteiger partial charge >= 0.3 is 0 Å². The third kappa shape index (κ3) is 6.64. The molecule has 43 heavy (non-hydrogen) atoms. The first-order chi connectivity index (χ1) is 20.5. The number of aliphatic hydroxyl groups is 1. The van der Waals surface area contributed by atoms with Crippen molar-refractivity contribution < 1.29 is 36.3 Å². The van der Waals surface area contributed by atoms with Crippen LogP contribution < -0.4 is 4.72 Å². The Bertz CT molecular complexity index is 1740. The highest BCUT2D eigenvalue weighted by Crippen LogP contribution is 2.24. The molecule has 2 heterocycles. The molecule has 11 nitrogen and oxygen atoms in total. The number of carbonyl (C=O) groups excluding carboxylic acids is 3. The summed E-state index contributed by atoms with van der Waals surface area (Å²) in [4.78, 5) is 40.8. The first-order valence-corrected chi connectivity index (χ1v) is 17.4. The predicted octanol–water partition coefficient (Wildman–Crippen LogP) is 1.96. The lowest BCUT2D eigenvalue weighted by atomic mass is 10.1. The average molecular weight is 628 g/mol. The molecule has 2 aliphatic heterocycles. The Morgan fingerprint density at radius 1 is 0.907 bits per heavy atom. The summed E-state index contributed by atoms with van der Waals surface area (Å²) in [5.41, 5.74) is 0.679. The molecule has 1 fully saturated rings. The quantitative estimate of drug-likeness (QED) is 0.228. The maximum Gasteiger partial charge on any atom is 0.261 e. The Labute approximate surface area is 250 Å². The van der Waals surface area contributed by atoms with Gasteiger partial charge in [-0.3, -0.25) is 19.3 Å². The second kappa shape index (κ2) is 12.5. The summed E-state index contributed by atoms with van der Waals surface area (Å²) < 4.78 is 54.4. The summed E-state index contributed by atoms with van der Waals surface area (Å²) >= 11 is 0. The average Bonchev–Trinajstić information content (AvgIpc) is 3.54. The number of benzene rings is 3. The van der Waals surface area contributed by atoms with E-state index in [1.807, 2.05) is 12.1 Å². The van der Waals surface area contributed by atoms with Gasteiger partial charge in [0, 0.05) is 19.1 Å². The molecule has 1 saturated heterocycles. The maximum atomic E-state index is 13.3. The van der Waals surface area contributed by atoms with Crippen LogP contribution in [0.5, 0.6) is 0 Å². The number of hydrogen-bond acceptors (Lipinski definition) is 8. The fourth-order valence-corrected chi connectivity index (χ4v) is 8.62. The van der Waals surface area contributed by atoms with E-state index in [2.05, 4.69) is 4.72 Å². The number of carbonyl (C=O) groups is 3. The van der Waals surface area contributed by atoms with Crippen LogP contribution in [0.1, 0.15) is 46.4 Å². The SMILES string of the molecule is O=C1c2ccccc2C(=O)N1CCCCS(=O)(=O)CC1CCCN1C(=O)C(CO)NS(=O)(=O)c1ccc2ccccc2c1. The highest BCUT2D eigenvalue weighted by molar-refractivity contribution is 7.91. The number of rotatable bonds is 12. The van der Waals surface area contributed by atoms with Gasteiger partial charge in [-0.25, -0.2) is 16.8 Å². The molecule has 0 radical (unpaired) electrons. The van der Waals surface area contributed by atoms with Crippen LogP contribution in [0.4, 0.5) is 0 Å². The number of sulfonamides is 1. The van der Waals surface area contributed by atoms with Crippen molar-refractivity contribution in [3.63, 3.8) is 0 Å². The number of unbranched alkanes of at least 4 members (excludes halogenated alkanes) is 1. The smallest absolute Gasteiger partial charge is 0.261 e. The molecule has 13 heteroatoms. The molecule has 2 atom stereocenters. The van der Waals surface area contributed by atoms with Gasteiger partial charge in [0.05, 0.1) is 34.1 Å². The minimum absolute atomic E-state index is 0.0563. The Kier molecular flexibility index (Phi) is 8.97. The van der Waals surface area contributed by atoms with Gasteiger partial charge in [-0.1, -0.05) is 42.5 Å². The van der Waals surface area contributed by atoms with E-state index in [9.17, 15) is 36.3 Å². The zero-order chi connectivity index (χ0) is 30.8. The largest absolute Gasteiger partial charge is 0.394 e. The monoisotopic (exact) mass is 627 g/mol. The van der Waals surface area contributed by atoms with Gasteiger partial charge in [0.25, 0.3) is 11.8 Å². The Hall–Kier alpha value is -3.65. The van der Waals surface area contributed by atoms with Crippen LogP contribution in [0.2, 0.25) is 0 Å². The molecule has 0 spiro atoms. The highest BCUT2D eigenvalue weighted by atomic mass is 32.2. The normalized spacial score (nSPS) is 17.9. The van der Waals surface area contributed by atoms with E-state index >= 15 is 0 Å². The standard InChI is InChI=1S/C30H33N3O8S2/c34-19-27(31-43(40,41)24-14-13-21-8-1-2-9-22(21)18-24)30(37)32-16-7-10-23(32)20-42(38,39)17-6-5-15-33-28(35)25-11-3-4-12-26(25)29(33)36/h1-4,8-9,11-14,18,23,27,31,34H,5-7,10,15-17,19-20H2. The molecule has 0 aliphatic carbocycles. The molecule has 2 aliphatic rings. The molecular weight excluding hydrogens is 594 g/mol. The summed E-state index contributed by atoms with van der Waals surface area (Å²) in [6, 6.07) is 16.2. The van der Waals surface area contributed by atoms with Crippen molar-refractivity contribution in [2.75, 3.05) is 31.2 Å². The molecule has 0 aromatic heterocycles. The second-order valence-electron chi connectivity index (χ2n) is 10.8. The first kappa shape index (κ1) is 30.8. The van der Waals surface area contributed by atoms with Crippen molar-refractivity contribution in [3.8, 4) is 0 Å². The molecule has 5 rings (SSSR count). The number of imide groups is 1. The van der Waals surface area contributed by atoms with E-state index in [0.29, 0.717) is 35.8 Å². The Morgan fingerprint density at radius 3 is 2.23 bits per heavy atom. The third-order valence-electron chi connectivity index (χ3n) is 7.88. The lowest BCUT2D eigenvalue weighted by Gasteiger charge is -2.28. The molecule has 3 amide bonds. The molecule has 228 valence electrons. The van der Waals surface area contributed by atoms with E-state index < -0.39 is 56.3 Å². The van der Waals surface area contributed by atoms with Gasteiger partial charge in [0.2, 0.25) is 15.9 Å². The zero-order valence-electron chi connectivity index (χ0n) is 23.4. The number of likely N-dealkylation sites (tertiary alicyclic amines) is 1. The van der Waals surface area contributed by atoms with Crippen LogP contribution in [0, 0.1) is 0 Å². The molecule has 3 aromatic carbocycles. The van der Waals surface area contributed by atoms with Crippen molar-refractivity contribution in [1.29, 1.82) is 0 Å². The van der Waals surface area contributed by atoms with E-state index in [0.717, 1.165) is 10.3 Å². The molecular formula is C30H33N3O8S2. The minimum Gasteiger partial charge on any atom is -0.394 e. The summed E-state index contributed by atoms with van der Waals surface area (Å²) in [6.07, 6.45) is 1.50. The number of hydrogen-bond donors (Lipinski definition) is 2. The number of amides is 3. The lowest BCUT2D eigenvalue weighted by Crippen LogP contribution is -2.52. The van der Waals surface area contributed by atoms with Crippen molar-refractivity contribution in [1.82, 2.24) is 14.5 Å². The Morgan fingerprint density at radius 2 is 1.56 bits per heavy atom. The van der Waals surface area contributed by atoms with Crippen molar-refractivity contribution in [2.24, 2.45) is 0 Å². The molecule has 3 aromatic rings. The molecule has 2 N–H and O–H groups in total. The number of nitrogens with one attached hydrogen (secondary N) is 1. The summed E-state index contributed by atoms with van der Waals surface area (Å²) in [5, 5.41) is 11.5. The number of aliphatic hydroxyl groups excluding tert-OH is 1. The van der Waals surface area contributed by atoms with Crippen molar-refractivity contribution >= 4 is 48.4 Å². The van der Waals surface area contributed by atoms with Gasteiger partial charge in [0.15, 0.2) is 9.84 Å². The van der Waals surface area contributed by atoms with Crippen LogP contribution in [-0.4, -0.2) is 92.7 Å². The highest BCUT2D eigenvalue weighted by Gasteiger charge is 2.38. The third-order valence-corrected chi connectivity index (χ3v) is 11.2. The van der Waals surface area contributed by atoms with E-state index in [1.54, 1.807) is 42.5 Å². The topological polar surface area (TPSA) is 158 Å². The number of nitrogens with zero attached hydrogens (tertiary/aromatic N) is 2. The van der Waals surface area contributed by atoms with Crippen LogP contribution in [-0.2, 0) is 24.7 Å². The number of fused-ring (bicyclic) bond motifs is 2. The van der Waals surface area contributed by atoms with Crippen LogP contribution in [0.3, 0.4) is 0 Å². The van der Waals surface area contributed by atoms with Crippen LogP contribution in [0.25, 0.3) is 10.8 Å². The molecule has 2 unspecified atom stereocenters. The van der Waals surface area contributed by atoms with E-state index in [4.69, 9.17) is 0 Å². The van der Waals surface area contributed by atoms with Gasteiger partial charge in [-0.15, -0.1) is 0 Å². The fraction of sp³-hybridized carbons (Fsp3) is 0.367. The molecule has 0 bridgehead atoms.